The number of rotatable bonds is 4. The van der Waals surface area contributed by atoms with Crippen LogP contribution in [0.5, 0.6) is 0 Å². The molecule has 1 heterocycles. The van der Waals surface area contributed by atoms with Crippen LogP contribution in [0.25, 0.3) is 0 Å². The van der Waals surface area contributed by atoms with Crippen molar-refractivity contribution in [2.75, 3.05) is 5.32 Å². The van der Waals surface area contributed by atoms with Crippen LogP contribution in [0.3, 0.4) is 0 Å². The summed E-state index contributed by atoms with van der Waals surface area (Å²) in [6, 6.07) is 4.50. The van der Waals surface area contributed by atoms with E-state index in [1.165, 1.54) is 18.5 Å². The van der Waals surface area contributed by atoms with Crippen molar-refractivity contribution in [3.8, 4) is 0 Å². The fourth-order valence-corrected chi connectivity index (χ4v) is 1.93. The van der Waals surface area contributed by atoms with Crippen molar-refractivity contribution in [2.45, 2.75) is 13.5 Å². The zero-order valence-corrected chi connectivity index (χ0v) is 12.1. The number of nitro benzene ring substituents is 1. The summed E-state index contributed by atoms with van der Waals surface area (Å²) in [5.41, 5.74) is 1.38. The van der Waals surface area contributed by atoms with Crippen LogP contribution in [-0.2, 0) is 6.61 Å². The standard InChI is InChI=1S/C12H11BrN4O3/c1-7-11(13)12(15-6-14-7)16-9-3-2-8(5-18)10(4-9)17(19)20/h2-4,6,18H,5H2,1H3,(H,14,15,16). The van der Waals surface area contributed by atoms with Gasteiger partial charge in [0, 0.05) is 11.8 Å². The first-order valence-electron chi connectivity index (χ1n) is 5.65. The zero-order chi connectivity index (χ0) is 14.7. The lowest BCUT2D eigenvalue weighted by molar-refractivity contribution is -0.385. The van der Waals surface area contributed by atoms with Crippen LogP contribution >= 0.6 is 15.9 Å². The van der Waals surface area contributed by atoms with Gasteiger partial charge in [0.15, 0.2) is 0 Å². The van der Waals surface area contributed by atoms with E-state index in [1.54, 1.807) is 6.07 Å². The highest BCUT2D eigenvalue weighted by Gasteiger charge is 2.14. The van der Waals surface area contributed by atoms with Crippen LogP contribution in [0.15, 0.2) is 29.0 Å². The average molecular weight is 339 g/mol. The number of anilines is 2. The molecular weight excluding hydrogens is 328 g/mol. The summed E-state index contributed by atoms with van der Waals surface area (Å²) in [5.74, 6) is 0.517. The number of nitro groups is 1. The van der Waals surface area contributed by atoms with Gasteiger partial charge in [-0.05, 0) is 35.0 Å². The van der Waals surface area contributed by atoms with Crippen LogP contribution in [-0.4, -0.2) is 20.0 Å². The molecule has 0 amide bonds. The molecular formula is C12H11BrN4O3. The number of aromatic nitrogens is 2. The molecule has 8 heteroatoms. The molecule has 0 fully saturated rings. The summed E-state index contributed by atoms with van der Waals surface area (Å²) in [4.78, 5) is 18.5. The number of nitrogens with zero attached hydrogens (tertiary/aromatic N) is 3. The lowest BCUT2D eigenvalue weighted by Crippen LogP contribution is -2.00. The van der Waals surface area contributed by atoms with E-state index in [1.807, 2.05) is 6.92 Å². The second kappa shape index (κ2) is 5.93. The summed E-state index contributed by atoms with van der Waals surface area (Å²) >= 11 is 3.35. The molecule has 0 radical (unpaired) electrons. The molecule has 1 aromatic carbocycles. The van der Waals surface area contributed by atoms with Gasteiger partial charge in [-0.3, -0.25) is 10.1 Å². The van der Waals surface area contributed by atoms with Gasteiger partial charge in [-0.25, -0.2) is 9.97 Å². The van der Waals surface area contributed by atoms with Gasteiger partial charge in [-0.15, -0.1) is 0 Å². The molecule has 20 heavy (non-hydrogen) atoms. The summed E-state index contributed by atoms with van der Waals surface area (Å²) in [5, 5.41) is 23.0. The minimum atomic E-state index is -0.531. The maximum Gasteiger partial charge on any atom is 0.276 e. The third-order valence-corrected chi connectivity index (χ3v) is 3.63. The maximum atomic E-state index is 10.9. The molecule has 2 aromatic rings. The summed E-state index contributed by atoms with van der Waals surface area (Å²) < 4.78 is 0.689. The van der Waals surface area contributed by atoms with Gasteiger partial charge in [-0.2, -0.15) is 0 Å². The molecule has 0 atom stereocenters. The number of hydrogen-bond donors (Lipinski definition) is 2. The predicted molar refractivity (Wildman–Crippen MR) is 76.8 cm³/mol. The second-order valence-electron chi connectivity index (χ2n) is 4.01. The molecule has 104 valence electrons. The second-order valence-corrected chi connectivity index (χ2v) is 4.80. The summed E-state index contributed by atoms with van der Waals surface area (Å²) in [7, 11) is 0. The number of aryl methyl sites for hydroxylation is 1. The highest BCUT2D eigenvalue weighted by atomic mass is 79.9. The van der Waals surface area contributed by atoms with Gasteiger partial charge in [0.05, 0.1) is 27.3 Å². The van der Waals surface area contributed by atoms with Crippen molar-refractivity contribution >= 4 is 33.1 Å². The first kappa shape index (κ1) is 14.4. The number of aliphatic hydroxyl groups is 1. The quantitative estimate of drug-likeness (QED) is 0.656. The van der Waals surface area contributed by atoms with Crippen molar-refractivity contribution < 1.29 is 10.0 Å². The number of nitrogens with one attached hydrogen (secondary N) is 1. The van der Waals surface area contributed by atoms with Gasteiger partial charge >= 0.3 is 0 Å². The van der Waals surface area contributed by atoms with E-state index in [9.17, 15) is 10.1 Å². The van der Waals surface area contributed by atoms with E-state index in [4.69, 9.17) is 5.11 Å². The Hall–Kier alpha value is -2.06. The van der Waals surface area contributed by atoms with E-state index in [-0.39, 0.29) is 17.9 Å². The van der Waals surface area contributed by atoms with Crippen LogP contribution in [0.4, 0.5) is 17.2 Å². The number of hydrogen-bond acceptors (Lipinski definition) is 6. The predicted octanol–water partition coefficient (Wildman–Crippen LogP) is 2.69. The summed E-state index contributed by atoms with van der Waals surface area (Å²) in [6.45, 7) is 1.43. The SMILES string of the molecule is Cc1ncnc(Nc2ccc(CO)c([N+](=O)[O-])c2)c1Br. The fraction of sp³-hybridized carbons (Fsp3) is 0.167. The highest BCUT2D eigenvalue weighted by Crippen LogP contribution is 2.28. The van der Waals surface area contributed by atoms with E-state index in [0.717, 1.165) is 5.69 Å². The smallest absolute Gasteiger partial charge is 0.276 e. The number of benzene rings is 1. The molecule has 2 rings (SSSR count). The van der Waals surface area contributed by atoms with Crippen molar-refractivity contribution in [1.82, 2.24) is 9.97 Å². The third kappa shape index (κ3) is 2.91. The Morgan fingerprint density at radius 1 is 1.45 bits per heavy atom. The molecule has 0 saturated heterocycles. The average Bonchev–Trinajstić information content (AvgIpc) is 2.43. The first-order chi connectivity index (χ1) is 9.52. The fourth-order valence-electron chi connectivity index (χ4n) is 1.63. The Morgan fingerprint density at radius 2 is 2.20 bits per heavy atom. The summed E-state index contributed by atoms with van der Waals surface area (Å²) in [6.07, 6.45) is 1.40. The van der Waals surface area contributed by atoms with Crippen LogP contribution in [0.2, 0.25) is 0 Å². The van der Waals surface area contributed by atoms with Crippen molar-refractivity contribution in [2.24, 2.45) is 0 Å². The van der Waals surface area contributed by atoms with E-state index in [0.29, 0.717) is 16.0 Å². The Bertz CT molecular complexity index is 663. The molecule has 0 unspecified atom stereocenters. The zero-order valence-electron chi connectivity index (χ0n) is 10.5. The lowest BCUT2D eigenvalue weighted by Gasteiger charge is -2.09. The van der Waals surface area contributed by atoms with Gasteiger partial charge < -0.3 is 10.4 Å². The van der Waals surface area contributed by atoms with Crippen molar-refractivity contribution in [3.05, 3.63) is 50.4 Å². The largest absolute Gasteiger partial charge is 0.391 e. The van der Waals surface area contributed by atoms with Crippen molar-refractivity contribution in [1.29, 1.82) is 0 Å². The molecule has 0 aliphatic carbocycles. The molecule has 2 N–H and O–H groups in total. The van der Waals surface area contributed by atoms with Crippen LogP contribution < -0.4 is 5.32 Å². The monoisotopic (exact) mass is 338 g/mol. The minimum absolute atomic E-state index is 0.139. The Labute approximate surface area is 123 Å². The molecule has 7 nitrogen and oxygen atoms in total. The molecule has 0 spiro atoms. The topological polar surface area (TPSA) is 101 Å². The number of halogens is 1. The van der Waals surface area contributed by atoms with Crippen LogP contribution in [0, 0.1) is 17.0 Å². The minimum Gasteiger partial charge on any atom is -0.391 e. The van der Waals surface area contributed by atoms with E-state index >= 15 is 0 Å². The molecule has 1 aromatic heterocycles. The normalized spacial score (nSPS) is 10.3. The van der Waals surface area contributed by atoms with Crippen molar-refractivity contribution in [3.63, 3.8) is 0 Å². The molecule has 0 saturated carbocycles. The lowest BCUT2D eigenvalue weighted by atomic mass is 10.1. The van der Waals surface area contributed by atoms with Gasteiger partial charge in [0.1, 0.15) is 12.1 Å². The Kier molecular flexibility index (Phi) is 4.26. The molecule has 0 bridgehead atoms. The number of aliphatic hydroxyl groups excluding tert-OH is 1. The van der Waals surface area contributed by atoms with Gasteiger partial charge in [0.25, 0.3) is 5.69 Å². The maximum absolute atomic E-state index is 10.9. The van der Waals surface area contributed by atoms with Gasteiger partial charge in [0.2, 0.25) is 0 Å². The molecule has 0 aliphatic rings. The van der Waals surface area contributed by atoms with Crippen LogP contribution in [0.1, 0.15) is 11.3 Å². The molecule has 0 aliphatic heterocycles. The van der Waals surface area contributed by atoms with Gasteiger partial charge in [-0.1, -0.05) is 0 Å². The highest BCUT2D eigenvalue weighted by molar-refractivity contribution is 9.10. The first-order valence-corrected chi connectivity index (χ1v) is 6.44. The Morgan fingerprint density at radius 3 is 2.85 bits per heavy atom. The van der Waals surface area contributed by atoms with E-state index in [2.05, 4.69) is 31.2 Å². The Balaban J connectivity index is 2.37. The van der Waals surface area contributed by atoms with E-state index < -0.39 is 4.92 Å². The third-order valence-electron chi connectivity index (χ3n) is 2.68.